The Morgan fingerprint density at radius 2 is 2.17 bits per heavy atom. The molecule has 0 saturated heterocycles. The van der Waals surface area contributed by atoms with Crippen LogP contribution in [0.3, 0.4) is 0 Å². The average molecular weight is 283 g/mol. The normalized spacial score (nSPS) is 10.8. The van der Waals surface area contributed by atoms with Crippen LogP contribution in [0.25, 0.3) is 0 Å². The third kappa shape index (κ3) is 3.12. The van der Waals surface area contributed by atoms with Gasteiger partial charge in [0, 0.05) is 5.02 Å². The van der Waals surface area contributed by atoms with E-state index in [4.69, 9.17) is 27.6 Å². The molecule has 1 heterocycles. The molecule has 1 N–H and O–H groups in total. The highest BCUT2D eigenvalue weighted by atomic mass is 35.5. The van der Waals surface area contributed by atoms with Crippen LogP contribution in [0.1, 0.15) is 16.1 Å². The van der Waals surface area contributed by atoms with Crippen LogP contribution in [0.2, 0.25) is 10.0 Å². The molecule has 0 fully saturated rings. The van der Waals surface area contributed by atoms with E-state index in [0.29, 0.717) is 16.3 Å². The Morgan fingerprint density at radius 1 is 1.33 bits per heavy atom. The zero-order valence-corrected chi connectivity index (χ0v) is 10.6. The molecule has 0 unspecified atom stereocenters. The monoisotopic (exact) mass is 282 g/mol. The third-order valence-corrected chi connectivity index (χ3v) is 2.62. The molecule has 2 rings (SSSR count). The van der Waals surface area contributed by atoms with Gasteiger partial charge in [0.25, 0.3) is 5.91 Å². The lowest BCUT2D eigenvalue weighted by Gasteiger charge is -2.02. The van der Waals surface area contributed by atoms with Crippen LogP contribution in [-0.2, 0) is 0 Å². The van der Waals surface area contributed by atoms with Crippen molar-refractivity contribution in [2.24, 2.45) is 5.10 Å². The number of carbonyl (C=O) groups excluding carboxylic acids is 1. The van der Waals surface area contributed by atoms with Gasteiger partial charge >= 0.3 is 0 Å². The third-order valence-electron chi connectivity index (χ3n) is 2.08. The molecular weight excluding hydrogens is 275 g/mol. The molecule has 0 aliphatic heterocycles. The number of halogens is 2. The molecule has 92 valence electrons. The highest BCUT2D eigenvalue weighted by molar-refractivity contribution is 6.36. The fourth-order valence-corrected chi connectivity index (χ4v) is 1.75. The van der Waals surface area contributed by atoms with Gasteiger partial charge in [-0.2, -0.15) is 5.10 Å². The van der Waals surface area contributed by atoms with E-state index in [9.17, 15) is 4.79 Å². The molecule has 1 aromatic carbocycles. The van der Waals surface area contributed by atoms with Crippen molar-refractivity contribution in [2.75, 3.05) is 0 Å². The summed E-state index contributed by atoms with van der Waals surface area (Å²) in [4.78, 5) is 11.7. The molecule has 2 aromatic rings. The minimum atomic E-state index is -0.417. The summed E-state index contributed by atoms with van der Waals surface area (Å²) in [5.41, 5.74) is 2.64. The SMILES string of the molecule is O=C(N/N=C/c1ccco1)c1ccc(Cl)cc1Cl. The summed E-state index contributed by atoms with van der Waals surface area (Å²) < 4.78 is 5.02. The van der Waals surface area contributed by atoms with Gasteiger partial charge < -0.3 is 4.42 Å². The summed E-state index contributed by atoms with van der Waals surface area (Å²) in [7, 11) is 0. The van der Waals surface area contributed by atoms with Crippen LogP contribution in [0.4, 0.5) is 0 Å². The molecular formula is C12H8Cl2N2O2. The van der Waals surface area contributed by atoms with E-state index in [0.717, 1.165) is 0 Å². The van der Waals surface area contributed by atoms with E-state index >= 15 is 0 Å². The summed E-state index contributed by atoms with van der Waals surface area (Å²) in [5.74, 6) is 0.122. The number of nitrogens with zero attached hydrogens (tertiary/aromatic N) is 1. The average Bonchev–Trinajstić information content (AvgIpc) is 2.81. The first-order chi connectivity index (χ1) is 8.66. The summed E-state index contributed by atoms with van der Waals surface area (Å²) >= 11 is 11.6. The first kappa shape index (κ1) is 12.7. The van der Waals surface area contributed by atoms with Crippen molar-refractivity contribution in [3.63, 3.8) is 0 Å². The largest absolute Gasteiger partial charge is 0.463 e. The minimum absolute atomic E-state index is 0.271. The number of furan rings is 1. The maximum absolute atomic E-state index is 11.7. The summed E-state index contributed by atoms with van der Waals surface area (Å²) in [6.45, 7) is 0. The van der Waals surface area contributed by atoms with Crippen LogP contribution in [0, 0.1) is 0 Å². The van der Waals surface area contributed by atoms with Crippen molar-refractivity contribution >= 4 is 35.3 Å². The van der Waals surface area contributed by atoms with Crippen molar-refractivity contribution in [3.8, 4) is 0 Å². The van der Waals surface area contributed by atoms with Crippen LogP contribution in [-0.4, -0.2) is 12.1 Å². The van der Waals surface area contributed by atoms with Gasteiger partial charge in [0.2, 0.25) is 0 Å². The molecule has 0 aliphatic carbocycles. The molecule has 0 bridgehead atoms. The Bertz CT molecular complexity index is 580. The van der Waals surface area contributed by atoms with Crippen molar-refractivity contribution in [1.82, 2.24) is 5.43 Å². The number of hydrogen-bond donors (Lipinski definition) is 1. The minimum Gasteiger partial charge on any atom is -0.463 e. The first-order valence-corrected chi connectivity index (χ1v) is 5.74. The van der Waals surface area contributed by atoms with Crippen molar-refractivity contribution in [3.05, 3.63) is 58.0 Å². The maximum atomic E-state index is 11.7. The Hall–Kier alpha value is -1.78. The second-order valence-electron chi connectivity index (χ2n) is 3.34. The molecule has 0 radical (unpaired) electrons. The van der Waals surface area contributed by atoms with Gasteiger partial charge in [0.1, 0.15) is 5.76 Å². The Morgan fingerprint density at radius 3 is 2.83 bits per heavy atom. The maximum Gasteiger partial charge on any atom is 0.272 e. The van der Waals surface area contributed by atoms with Crippen LogP contribution >= 0.6 is 23.2 Å². The lowest BCUT2D eigenvalue weighted by atomic mass is 10.2. The number of benzene rings is 1. The van der Waals surface area contributed by atoms with Crippen molar-refractivity contribution in [1.29, 1.82) is 0 Å². The number of hydrazone groups is 1. The molecule has 0 atom stereocenters. The summed E-state index contributed by atoms with van der Waals surface area (Å²) in [5, 5.41) is 4.48. The predicted octanol–water partition coefficient (Wildman–Crippen LogP) is 3.35. The number of nitrogens with one attached hydrogen (secondary N) is 1. The lowest BCUT2D eigenvalue weighted by Crippen LogP contribution is -2.17. The fourth-order valence-electron chi connectivity index (χ4n) is 1.25. The van der Waals surface area contributed by atoms with Gasteiger partial charge in [-0.25, -0.2) is 5.43 Å². The van der Waals surface area contributed by atoms with Gasteiger partial charge in [-0.1, -0.05) is 23.2 Å². The van der Waals surface area contributed by atoms with Crippen molar-refractivity contribution < 1.29 is 9.21 Å². The van der Waals surface area contributed by atoms with E-state index in [1.807, 2.05) is 0 Å². The highest BCUT2D eigenvalue weighted by Crippen LogP contribution is 2.20. The van der Waals surface area contributed by atoms with Crippen LogP contribution < -0.4 is 5.43 Å². The first-order valence-electron chi connectivity index (χ1n) is 4.99. The van der Waals surface area contributed by atoms with Crippen molar-refractivity contribution in [2.45, 2.75) is 0 Å². The summed E-state index contributed by atoms with van der Waals surface area (Å²) in [6.07, 6.45) is 2.90. The Kier molecular flexibility index (Phi) is 4.02. The zero-order valence-electron chi connectivity index (χ0n) is 9.06. The number of amides is 1. The topological polar surface area (TPSA) is 54.6 Å². The van der Waals surface area contributed by atoms with Gasteiger partial charge in [-0.3, -0.25) is 4.79 Å². The molecule has 18 heavy (non-hydrogen) atoms. The van der Waals surface area contributed by atoms with E-state index in [2.05, 4.69) is 10.5 Å². The van der Waals surface area contributed by atoms with E-state index in [-0.39, 0.29) is 5.02 Å². The fraction of sp³-hybridized carbons (Fsp3) is 0. The van der Waals surface area contributed by atoms with E-state index in [1.54, 1.807) is 18.2 Å². The number of hydrogen-bond acceptors (Lipinski definition) is 3. The Labute approximate surface area is 113 Å². The highest BCUT2D eigenvalue weighted by Gasteiger charge is 2.09. The molecule has 1 amide bonds. The second kappa shape index (κ2) is 5.71. The van der Waals surface area contributed by atoms with Gasteiger partial charge in [-0.05, 0) is 30.3 Å². The molecule has 6 heteroatoms. The number of rotatable bonds is 3. The zero-order chi connectivity index (χ0) is 13.0. The Balaban J connectivity index is 2.04. The molecule has 0 spiro atoms. The predicted molar refractivity (Wildman–Crippen MR) is 70.2 cm³/mol. The van der Waals surface area contributed by atoms with Crippen LogP contribution in [0.15, 0.2) is 46.1 Å². The smallest absolute Gasteiger partial charge is 0.272 e. The second-order valence-corrected chi connectivity index (χ2v) is 4.18. The van der Waals surface area contributed by atoms with Gasteiger partial charge in [-0.15, -0.1) is 0 Å². The number of carbonyl (C=O) groups is 1. The van der Waals surface area contributed by atoms with Gasteiger partial charge in [0.05, 0.1) is 23.1 Å². The molecule has 4 nitrogen and oxygen atoms in total. The van der Waals surface area contributed by atoms with E-state index in [1.165, 1.54) is 24.6 Å². The summed E-state index contributed by atoms with van der Waals surface area (Å²) in [6, 6.07) is 8.04. The molecule has 1 aromatic heterocycles. The molecule has 0 saturated carbocycles. The quantitative estimate of drug-likeness (QED) is 0.693. The van der Waals surface area contributed by atoms with Crippen LogP contribution in [0.5, 0.6) is 0 Å². The molecule has 0 aliphatic rings. The van der Waals surface area contributed by atoms with E-state index < -0.39 is 5.91 Å². The standard InChI is InChI=1S/C12H8Cl2N2O2/c13-8-3-4-10(11(14)6-8)12(17)16-15-7-9-2-1-5-18-9/h1-7H,(H,16,17)/b15-7+. The lowest BCUT2D eigenvalue weighted by molar-refractivity contribution is 0.0955. The van der Waals surface area contributed by atoms with Gasteiger partial charge in [0.15, 0.2) is 0 Å².